The van der Waals surface area contributed by atoms with E-state index in [1.165, 1.54) is 42.1 Å². The molecule has 0 unspecified atom stereocenters. The van der Waals surface area contributed by atoms with Crippen molar-refractivity contribution >= 4 is 40.7 Å². The van der Waals surface area contributed by atoms with Gasteiger partial charge in [0.25, 0.3) is 5.91 Å². The number of thioether (sulfide) groups is 1. The molecule has 0 aliphatic carbocycles. The van der Waals surface area contributed by atoms with Crippen LogP contribution >= 0.6 is 11.8 Å². The molecule has 8 heteroatoms. The van der Waals surface area contributed by atoms with Gasteiger partial charge in [0.15, 0.2) is 5.17 Å². The van der Waals surface area contributed by atoms with Gasteiger partial charge in [-0.2, -0.15) is 4.99 Å². The van der Waals surface area contributed by atoms with Crippen molar-refractivity contribution in [1.82, 2.24) is 4.90 Å². The smallest absolute Gasteiger partial charge is 0.346 e. The highest BCUT2D eigenvalue weighted by molar-refractivity contribution is 8.16. The number of nitrogens with zero attached hydrogens (tertiary/aromatic N) is 2. The van der Waals surface area contributed by atoms with Gasteiger partial charge in [0, 0.05) is 5.70 Å². The number of fused-ring (bicyclic) bond motifs is 1. The molecule has 4 rings (SSSR count). The van der Waals surface area contributed by atoms with Gasteiger partial charge in [0.2, 0.25) is 0 Å². The first-order valence-electron chi connectivity index (χ1n) is 8.58. The van der Waals surface area contributed by atoms with Crippen molar-refractivity contribution in [2.45, 2.75) is 6.92 Å². The second-order valence-electron chi connectivity index (χ2n) is 6.26. The van der Waals surface area contributed by atoms with Gasteiger partial charge in [-0.1, -0.05) is 36.0 Å². The summed E-state index contributed by atoms with van der Waals surface area (Å²) in [4.78, 5) is 30.2. The molecule has 144 valence electrons. The molecule has 0 saturated heterocycles. The van der Waals surface area contributed by atoms with Crippen molar-refractivity contribution in [1.29, 1.82) is 5.41 Å². The molecule has 2 aromatic rings. The van der Waals surface area contributed by atoms with Crippen molar-refractivity contribution in [2.24, 2.45) is 4.99 Å². The molecule has 0 atom stereocenters. The van der Waals surface area contributed by atoms with Gasteiger partial charge in [-0.25, -0.2) is 9.18 Å². The molecule has 0 fully saturated rings. The van der Waals surface area contributed by atoms with Crippen LogP contribution in [0.2, 0.25) is 0 Å². The monoisotopic (exact) mass is 407 g/mol. The van der Waals surface area contributed by atoms with E-state index in [1.807, 2.05) is 12.3 Å². The van der Waals surface area contributed by atoms with Gasteiger partial charge in [0.1, 0.15) is 17.4 Å². The first-order chi connectivity index (χ1) is 13.9. The first-order valence-corrected chi connectivity index (χ1v) is 9.46. The molecule has 1 N–H and O–H groups in total. The number of esters is 1. The lowest BCUT2D eigenvalue weighted by Gasteiger charge is -2.25. The summed E-state index contributed by atoms with van der Waals surface area (Å²) in [5.74, 6) is -1.77. The third-order valence-corrected chi connectivity index (χ3v) is 5.20. The van der Waals surface area contributed by atoms with Gasteiger partial charge in [-0.3, -0.25) is 15.1 Å². The number of benzene rings is 2. The number of rotatable bonds is 3. The number of hydrogen-bond donors (Lipinski definition) is 1. The van der Waals surface area contributed by atoms with E-state index < -0.39 is 17.7 Å². The fraction of sp³-hybridized carbons (Fsp3) is 0.0476. The lowest BCUT2D eigenvalue weighted by molar-refractivity contribution is -0.114. The first kappa shape index (κ1) is 18.8. The zero-order valence-electron chi connectivity index (χ0n) is 15.2. The van der Waals surface area contributed by atoms with Crippen LogP contribution in [0.25, 0.3) is 6.08 Å². The third kappa shape index (κ3) is 3.62. The molecule has 0 spiro atoms. The Kier molecular flexibility index (Phi) is 4.85. The van der Waals surface area contributed by atoms with Crippen molar-refractivity contribution in [2.75, 3.05) is 0 Å². The Morgan fingerprint density at radius 1 is 1.24 bits per heavy atom. The van der Waals surface area contributed by atoms with Crippen LogP contribution in [0.3, 0.4) is 0 Å². The fourth-order valence-corrected chi connectivity index (χ4v) is 3.72. The molecule has 1 amide bonds. The number of nitrogens with one attached hydrogen (secondary N) is 1. The second-order valence-corrected chi connectivity index (χ2v) is 7.10. The third-order valence-electron chi connectivity index (χ3n) is 4.26. The minimum atomic E-state index is -0.821. The molecular weight excluding hydrogens is 393 g/mol. The normalized spacial score (nSPS) is 17.2. The molecule has 2 heterocycles. The van der Waals surface area contributed by atoms with Gasteiger partial charge in [-0.15, -0.1) is 0 Å². The molecule has 2 aliphatic rings. The maximum Gasteiger partial charge on any atom is 0.346 e. The summed E-state index contributed by atoms with van der Waals surface area (Å²) >= 11 is 1.30. The zero-order valence-corrected chi connectivity index (χ0v) is 16.0. The van der Waals surface area contributed by atoms with Crippen LogP contribution in [0.4, 0.5) is 4.39 Å². The summed E-state index contributed by atoms with van der Waals surface area (Å²) in [6.07, 6.45) is 1.52. The largest absolute Gasteiger partial charge is 0.423 e. The van der Waals surface area contributed by atoms with Crippen LogP contribution in [0.5, 0.6) is 5.75 Å². The number of carbonyl (C=O) groups is 2. The molecule has 0 radical (unpaired) electrons. The zero-order chi connectivity index (χ0) is 20.5. The Labute approximate surface area is 169 Å². The number of aliphatic imine (C=N–C) groups is 1. The molecule has 0 bridgehead atoms. The Hall–Kier alpha value is -3.52. The number of carbonyl (C=O) groups excluding carboxylic acids is 2. The molecule has 2 aliphatic heterocycles. The number of halogens is 1. The Morgan fingerprint density at radius 3 is 2.83 bits per heavy atom. The van der Waals surface area contributed by atoms with E-state index in [9.17, 15) is 14.0 Å². The highest BCUT2D eigenvalue weighted by Crippen LogP contribution is 2.32. The second kappa shape index (κ2) is 7.48. The van der Waals surface area contributed by atoms with Gasteiger partial charge in [-0.05, 0) is 48.2 Å². The Bertz CT molecular complexity index is 1150. The van der Waals surface area contributed by atoms with Crippen LogP contribution in [-0.2, 0) is 4.79 Å². The van der Waals surface area contributed by atoms with Gasteiger partial charge < -0.3 is 4.74 Å². The molecule has 2 aromatic carbocycles. The minimum absolute atomic E-state index is 0.0347. The van der Waals surface area contributed by atoms with Crippen LogP contribution < -0.4 is 4.74 Å². The van der Waals surface area contributed by atoms with E-state index in [4.69, 9.17) is 10.1 Å². The van der Waals surface area contributed by atoms with Crippen LogP contribution in [0, 0.1) is 11.2 Å². The molecule has 0 aromatic heterocycles. The lowest BCUT2D eigenvalue weighted by Crippen LogP contribution is -2.37. The molecule has 6 nitrogen and oxygen atoms in total. The molecule has 29 heavy (non-hydrogen) atoms. The predicted molar refractivity (Wildman–Crippen MR) is 109 cm³/mol. The Balaban J connectivity index is 1.60. The number of amidine groups is 2. The lowest BCUT2D eigenvalue weighted by atomic mass is 10.1. The summed E-state index contributed by atoms with van der Waals surface area (Å²) < 4.78 is 19.0. The predicted octanol–water partition coefficient (Wildman–Crippen LogP) is 4.21. The number of allylic oxidation sites excluding steroid dienone is 1. The maximum absolute atomic E-state index is 13.8. The number of hydrogen-bond acceptors (Lipinski definition) is 5. The van der Waals surface area contributed by atoms with E-state index in [2.05, 4.69) is 4.99 Å². The van der Waals surface area contributed by atoms with Crippen LogP contribution in [-0.4, -0.2) is 27.8 Å². The fourth-order valence-electron chi connectivity index (χ4n) is 2.86. The standard InChI is InChI=1S/C21H14FN3O3S/c1-12-11-29-21-24-19(26)16(18(23)25(12)21)10-13-5-4-6-14(9-13)28-20(27)15-7-2-3-8-17(15)22/h2-11,23H,1H3/b16-10-,23-18?. The van der Waals surface area contributed by atoms with Gasteiger partial charge >= 0.3 is 5.97 Å². The highest BCUT2D eigenvalue weighted by Gasteiger charge is 2.33. The van der Waals surface area contributed by atoms with Crippen molar-refractivity contribution in [3.63, 3.8) is 0 Å². The van der Waals surface area contributed by atoms with Crippen molar-refractivity contribution in [3.8, 4) is 5.75 Å². The Morgan fingerprint density at radius 2 is 2.03 bits per heavy atom. The van der Waals surface area contributed by atoms with Crippen LogP contribution in [0.15, 0.2) is 70.2 Å². The topological polar surface area (TPSA) is 82.8 Å². The van der Waals surface area contributed by atoms with E-state index in [-0.39, 0.29) is 22.7 Å². The minimum Gasteiger partial charge on any atom is -0.423 e. The van der Waals surface area contributed by atoms with Gasteiger partial charge in [0.05, 0.1) is 11.1 Å². The van der Waals surface area contributed by atoms with Crippen molar-refractivity contribution in [3.05, 3.63) is 82.2 Å². The van der Waals surface area contributed by atoms with E-state index >= 15 is 0 Å². The molecular formula is C21H14FN3O3S. The highest BCUT2D eigenvalue weighted by atomic mass is 32.2. The summed E-state index contributed by atoms with van der Waals surface area (Å²) in [6, 6.07) is 12.0. The summed E-state index contributed by atoms with van der Waals surface area (Å²) in [7, 11) is 0. The van der Waals surface area contributed by atoms with E-state index in [0.29, 0.717) is 10.7 Å². The van der Waals surface area contributed by atoms with Crippen molar-refractivity contribution < 1.29 is 18.7 Å². The number of amides is 1. The quantitative estimate of drug-likeness (QED) is 0.468. The SMILES string of the molecule is CC1=CSC2=NC(=O)/C(=C\c3cccc(OC(=O)c4ccccc4F)c3)C(=N)N12. The van der Waals surface area contributed by atoms with Crippen LogP contribution in [0.1, 0.15) is 22.8 Å². The van der Waals surface area contributed by atoms with E-state index in [0.717, 1.165) is 5.70 Å². The number of ether oxygens (including phenoxy) is 1. The molecule has 0 saturated carbocycles. The summed E-state index contributed by atoms with van der Waals surface area (Å²) in [6.45, 7) is 1.83. The average molecular weight is 407 g/mol. The average Bonchev–Trinajstić information content (AvgIpc) is 3.06. The summed E-state index contributed by atoms with van der Waals surface area (Å²) in [5.41, 5.74) is 1.31. The summed E-state index contributed by atoms with van der Waals surface area (Å²) in [5, 5.41) is 10.6. The van der Waals surface area contributed by atoms with E-state index in [1.54, 1.807) is 29.2 Å². The maximum atomic E-state index is 13.8.